The number of rotatable bonds is 6. The Morgan fingerprint density at radius 3 is 2.58 bits per heavy atom. The van der Waals surface area contributed by atoms with Crippen LogP contribution >= 0.6 is 11.8 Å². The summed E-state index contributed by atoms with van der Waals surface area (Å²) in [6, 6.07) is 7.49. The van der Waals surface area contributed by atoms with Crippen LogP contribution in [0.15, 0.2) is 29.4 Å². The predicted octanol–water partition coefficient (Wildman–Crippen LogP) is 1.10. The van der Waals surface area contributed by atoms with Gasteiger partial charge in [-0.05, 0) is 36.4 Å². The molecule has 1 N–H and O–H groups in total. The van der Waals surface area contributed by atoms with Gasteiger partial charge in [0.25, 0.3) is 0 Å². The number of thioether (sulfide) groups is 1. The molecule has 0 radical (unpaired) electrons. The highest BCUT2D eigenvalue weighted by Crippen LogP contribution is 2.20. The van der Waals surface area contributed by atoms with Crippen LogP contribution in [0.1, 0.15) is 12.5 Å². The molecule has 0 bridgehead atoms. The summed E-state index contributed by atoms with van der Waals surface area (Å²) >= 11 is 1.25. The topological polar surface area (TPSA) is 93.0 Å². The second kappa shape index (κ2) is 7.91. The van der Waals surface area contributed by atoms with E-state index in [4.69, 9.17) is 0 Å². The maximum Gasteiger partial charge on any atom is 0.243 e. The number of carbonyl (C=O) groups is 2. The zero-order chi connectivity index (χ0) is 17.7. The third-order valence-electron chi connectivity index (χ3n) is 3.30. The van der Waals surface area contributed by atoms with Crippen molar-refractivity contribution < 1.29 is 9.59 Å². The molecule has 0 aliphatic rings. The summed E-state index contributed by atoms with van der Waals surface area (Å²) in [5.74, 6) is -0.408. The third-order valence-corrected chi connectivity index (χ3v) is 4.42. The number of carbonyl (C=O) groups excluding carboxylic acids is 2. The molecule has 0 saturated heterocycles. The number of amides is 2. The van der Waals surface area contributed by atoms with Gasteiger partial charge in [-0.25, -0.2) is 4.68 Å². The number of hydrogen-bond acceptors (Lipinski definition) is 6. The van der Waals surface area contributed by atoms with Crippen LogP contribution in [-0.4, -0.2) is 55.8 Å². The van der Waals surface area contributed by atoms with E-state index in [1.807, 2.05) is 31.2 Å². The number of likely N-dealkylation sites (N-methyl/N-ethyl adjacent to an activating group) is 1. The molecule has 9 heteroatoms. The smallest absolute Gasteiger partial charge is 0.243 e. The molecule has 128 valence electrons. The van der Waals surface area contributed by atoms with E-state index < -0.39 is 5.25 Å². The van der Waals surface area contributed by atoms with E-state index in [-0.39, 0.29) is 18.4 Å². The van der Waals surface area contributed by atoms with E-state index in [9.17, 15) is 9.59 Å². The van der Waals surface area contributed by atoms with Gasteiger partial charge in [0.15, 0.2) is 0 Å². The fourth-order valence-corrected chi connectivity index (χ4v) is 2.84. The van der Waals surface area contributed by atoms with Crippen molar-refractivity contribution >= 4 is 29.3 Å². The van der Waals surface area contributed by atoms with Crippen LogP contribution in [0.2, 0.25) is 0 Å². The number of anilines is 1. The highest BCUT2D eigenvalue weighted by Gasteiger charge is 2.22. The monoisotopic (exact) mass is 348 g/mol. The maximum atomic E-state index is 12.4. The first-order valence-electron chi connectivity index (χ1n) is 7.37. The van der Waals surface area contributed by atoms with Gasteiger partial charge in [-0.2, -0.15) is 0 Å². The average Bonchev–Trinajstić information content (AvgIpc) is 2.93. The molecule has 0 saturated carbocycles. The van der Waals surface area contributed by atoms with Crippen LogP contribution in [0.3, 0.4) is 0 Å². The number of hydrogen-bond donors (Lipinski definition) is 1. The van der Waals surface area contributed by atoms with Gasteiger partial charge in [0.05, 0.1) is 11.8 Å². The van der Waals surface area contributed by atoms with Gasteiger partial charge >= 0.3 is 0 Å². The molecule has 2 aromatic rings. The Hall–Kier alpha value is -2.42. The molecule has 24 heavy (non-hydrogen) atoms. The number of aromatic nitrogens is 4. The average molecular weight is 348 g/mol. The summed E-state index contributed by atoms with van der Waals surface area (Å²) in [6.45, 7) is 3.72. The molecule has 0 spiro atoms. The standard InChI is InChI=1S/C15H20N6O2S/c1-10-5-7-12(8-6-10)16-13(22)9-20(3)14(23)11(2)24-15-17-18-19-21(15)4/h5-8,11H,9H2,1-4H3,(H,16,22)/t11-/m0/s1. The minimum absolute atomic E-state index is 0.0192. The lowest BCUT2D eigenvalue weighted by atomic mass is 10.2. The minimum Gasteiger partial charge on any atom is -0.335 e. The van der Waals surface area contributed by atoms with Crippen LogP contribution in [-0.2, 0) is 16.6 Å². The van der Waals surface area contributed by atoms with Crippen molar-refractivity contribution in [2.24, 2.45) is 7.05 Å². The zero-order valence-corrected chi connectivity index (χ0v) is 14.9. The molecular weight excluding hydrogens is 328 g/mol. The Bertz CT molecular complexity index is 715. The van der Waals surface area contributed by atoms with Gasteiger partial charge < -0.3 is 10.2 Å². The van der Waals surface area contributed by atoms with Crippen LogP contribution < -0.4 is 5.32 Å². The van der Waals surface area contributed by atoms with Crippen LogP contribution in [0.25, 0.3) is 0 Å². The van der Waals surface area contributed by atoms with Crippen LogP contribution in [0.4, 0.5) is 5.69 Å². The molecule has 1 aromatic carbocycles. The summed E-state index contributed by atoms with van der Waals surface area (Å²) in [6.07, 6.45) is 0. The quantitative estimate of drug-likeness (QED) is 0.786. The first kappa shape index (κ1) is 17.9. The highest BCUT2D eigenvalue weighted by atomic mass is 32.2. The molecule has 2 rings (SSSR count). The van der Waals surface area contributed by atoms with Crippen molar-refractivity contribution in [3.8, 4) is 0 Å². The number of benzene rings is 1. The van der Waals surface area contributed by atoms with Crippen LogP contribution in [0.5, 0.6) is 0 Å². The molecule has 1 atom stereocenters. The lowest BCUT2D eigenvalue weighted by molar-refractivity contribution is -0.132. The van der Waals surface area contributed by atoms with Gasteiger partial charge in [0, 0.05) is 19.8 Å². The Morgan fingerprint density at radius 1 is 1.33 bits per heavy atom. The SMILES string of the molecule is Cc1ccc(NC(=O)CN(C)C(=O)[C@H](C)Sc2nnnn2C)cc1. The van der Waals surface area contributed by atoms with E-state index in [1.54, 1.807) is 21.0 Å². The second-order valence-corrected chi connectivity index (χ2v) is 6.76. The molecule has 0 unspecified atom stereocenters. The first-order chi connectivity index (χ1) is 11.4. The summed E-state index contributed by atoms with van der Waals surface area (Å²) in [5.41, 5.74) is 1.82. The molecule has 2 amide bonds. The van der Waals surface area contributed by atoms with E-state index in [1.165, 1.54) is 21.3 Å². The van der Waals surface area contributed by atoms with Gasteiger partial charge in [-0.3, -0.25) is 9.59 Å². The Balaban J connectivity index is 1.87. The van der Waals surface area contributed by atoms with Crippen molar-refractivity contribution in [1.29, 1.82) is 0 Å². The number of tetrazole rings is 1. The minimum atomic E-state index is -0.396. The van der Waals surface area contributed by atoms with E-state index in [0.717, 1.165) is 5.56 Å². The Morgan fingerprint density at radius 2 is 2.00 bits per heavy atom. The molecule has 0 fully saturated rings. The summed E-state index contributed by atoms with van der Waals surface area (Å²) in [4.78, 5) is 25.8. The lowest BCUT2D eigenvalue weighted by Crippen LogP contribution is -2.39. The van der Waals surface area contributed by atoms with Gasteiger partial charge in [0.1, 0.15) is 0 Å². The lowest BCUT2D eigenvalue weighted by Gasteiger charge is -2.20. The Kier molecular flexibility index (Phi) is 5.91. The van der Waals surface area contributed by atoms with Crippen molar-refractivity contribution in [2.75, 3.05) is 18.9 Å². The molecule has 0 aliphatic carbocycles. The van der Waals surface area contributed by atoms with Gasteiger partial charge in [-0.15, -0.1) is 5.10 Å². The number of nitrogens with zero attached hydrogens (tertiary/aromatic N) is 5. The fraction of sp³-hybridized carbons (Fsp3) is 0.400. The van der Waals surface area contributed by atoms with E-state index in [0.29, 0.717) is 10.8 Å². The van der Waals surface area contributed by atoms with Crippen molar-refractivity contribution in [3.63, 3.8) is 0 Å². The maximum absolute atomic E-state index is 12.4. The van der Waals surface area contributed by atoms with Crippen molar-refractivity contribution in [3.05, 3.63) is 29.8 Å². The van der Waals surface area contributed by atoms with E-state index >= 15 is 0 Å². The molecular formula is C15H20N6O2S. The summed E-state index contributed by atoms with van der Waals surface area (Å²) < 4.78 is 1.50. The molecule has 8 nitrogen and oxygen atoms in total. The number of nitrogens with one attached hydrogen (secondary N) is 1. The van der Waals surface area contributed by atoms with Crippen molar-refractivity contribution in [1.82, 2.24) is 25.1 Å². The zero-order valence-electron chi connectivity index (χ0n) is 14.1. The third kappa shape index (κ3) is 4.79. The summed E-state index contributed by atoms with van der Waals surface area (Å²) in [7, 11) is 3.31. The molecule has 1 heterocycles. The molecule has 1 aromatic heterocycles. The summed E-state index contributed by atoms with van der Waals surface area (Å²) in [5, 5.41) is 14.0. The number of aryl methyl sites for hydroxylation is 2. The van der Waals surface area contributed by atoms with Gasteiger partial charge in [0.2, 0.25) is 17.0 Å². The predicted molar refractivity (Wildman–Crippen MR) is 91.6 cm³/mol. The largest absolute Gasteiger partial charge is 0.335 e. The van der Waals surface area contributed by atoms with E-state index in [2.05, 4.69) is 20.8 Å². The van der Waals surface area contributed by atoms with Crippen LogP contribution in [0, 0.1) is 6.92 Å². The fourth-order valence-electron chi connectivity index (χ4n) is 1.97. The second-order valence-electron chi connectivity index (χ2n) is 5.45. The van der Waals surface area contributed by atoms with Gasteiger partial charge in [-0.1, -0.05) is 29.5 Å². The Labute approximate surface area is 144 Å². The molecule has 0 aliphatic heterocycles. The highest BCUT2D eigenvalue weighted by molar-refractivity contribution is 8.00. The first-order valence-corrected chi connectivity index (χ1v) is 8.25. The normalized spacial score (nSPS) is 11.8. The van der Waals surface area contributed by atoms with Crippen molar-refractivity contribution in [2.45, 2.75) is 24.3 Å².